The summed E-state index contributed by atoms with van der Waals surface area (Å²) >= 11 is 1.41. The molecule has 5 rings (SSSR count). The molecule has 1 amide bonds. The number of carbonyl (C=O) groups is 1. The Morgan fingerprint density at radius 2 is 2.00 bits per heavy atom. The molecular weight excluding hydrogens is 330 g/mol. The number of amides is 1. The van der Waals surface area contributed by atoms with Gasteiger partial charge in [0.25, 0.3) is 5.91 Å². The first-order chi connectivity index (χ1) is 12.2. The lowest BCUT2D eigenvalue weighted by molar-refractivity contribution is 0.0218. The van der Waals surface area contributed by atoms with Gasteiger partial charge in [-0.05, 0) is 50.4 Å². The fourth-order valence-electron chi connectivity index (χ4n) is 4.15. The van der Waals surface area contributed by atoms with E-state index in [1.165, 1.54) is 11.3 Å². The molecule has 25 heavy (non-hydrogen) atoms. The molecule has 3 saturated heterocycles. The minimum absolute atomic E-state index is 0.102. The van der Waals surface area contributed by atoms with E-state index in [2.05, 4.69) is 23.2 Å². The van der Waals surface area contributed by atoms with E-state index in [0.29, 0.717) is 22.4 Å². The SMILES string of the molecule is C[C@H]1[C@H](NC(=O)c2sc(-c3ccccc3)cc2C#N)C2CCN1CC2. The van der Waals surface area contributed by atoms with Crippen LogP contribution in [0.5, 0.6) is 0 Å². The van der Waals surface area contributed by atoms with Gasteiger partial charge in [-0.15, -0.1) is 11.3 Å². The normalized spacial score (nSPS) is 27.7. The zero-order valence-corrected chi connectivity index (χ0v) is 15.1. The number of nitrogens with zero attached hydrogens (tertiary/aromatic N) is 2. The van der Waals surface area contributed by atoms with Gasteiger partial charge in [-0.3, -0.25) is 9.69 Å². The van der Waals surface area contributed by atoms with E-state index in [9.17, 15) is 10.1 Å². The highest BCUT2D eigenvalue weighted by molar-refractivity contribution is 7.17. The molecule has 0 aliphatic carbocycles. The summed E-state index contributed by atoms with van der Waals surface area (Å²) in [5, 5.41) is 12.7. The molecule has 0 unspecified atom stereocenters. The Morgan fingerprint density at radius 1 is 1.28 bits per heavy atom. The van der Waals surface area contributed by atoms with Crippen molar-refractivity contribution in [2.45, 2.75) is 31.8 Å². The van der Waals surface area contributed by atoms with Crippen LogP contribution in [0.25, 0.3) is 10.4 Å². The molecule has 2 bridgehead atoms. The standard InChI is InChI=1S/C20H21N3OS/c1-13-18(15-7-9-23(13)10-8-15)22-20(24)19-16(12-21)11-17(25-19)14-5-3-2-4-6-14/h2-6,11,13,15,18H,7-10H2,1H3,(H,22,24)/t13-,18-/m0/s1. The minimum Gasteiger partial charge on any atom is -0.347 e. The molecule has 3 aliphatic rings. The number of nitriles is 1. The second-order valence-electron chi connectivity index (χ2n) is 6.94. The van der Waals surface area contributed by atoms with Gasteiger partial charge in [0.1, 0.15) is 10.9 Å². The number of piperidine rings is 3. The van der Waals surface area contributed by atoms with Gasteiger partial charge in [0.15, 0.2) is 0 Å². The summed E-state index contributed by atoms with van der Waals surface area (Å²) in [5.41, 5.74) is 1.51. The summed E-state index contributed by atoms with van der Waals surface area (Å²) < 4.78 is 0. The maximum Gasteiger partial charge on any atom is 0.263 e. The third-order valence-corrected chi connectivity index (χ3v) is 6.78. The molecule has 4 heterocycles. The number of rotatable bonds is 3. The lowest BCUT2D eigenvalue weighted by Gasteiger charge is -2.49. The third-order valence-electron chi connectivity index (χ3n) is 5.59. The fourth-order valence-corrected chi connectivity index (χ4v) is 5.17. The predicted molar refractivity (Wildman–Crippen MR) is 99.5 cm³/mol. The smallest absolute Gasteiger partial charge is 0.263 e. The number of benzene rings is 1. The zero-order chi connectivity index (χ0) is 17.4. The van der Waals surface area contributed by atoms with Crippen molar-refractivity contribution < 1.29 is 4.79 Å². The average Bonchev–Trinajstić information content (AvgIpc) is 3.10. The number of hydrogen-bond acceptors (Lipinski definition) is 4. The van der Waals surface area contributed by atoms with Crippen LogP contribution in [0.3, 0.4) is 0 Å². The summed E-state index contributed by atoms with van der Waals surface area (Å²) in [6, 6.07) is 14.5. The van der Waals surface area contributed by atoms with E-state index in [1.54, 1.807) is 0 Å². The van der Waals surface area contributed by atoms with E-state index < -0.39 is 0 Å². The van der Waals surface area contributed by atoms with Gasteiger partial charge in [0.2, 0.25) is 0 Å². The van der Waals surface area contributed by atoms with Crippen molar-refractivity contribution in [1.29, 1.82) is 5.26 Å². The highest BCUT2D eigenvalue weighted by Crippen LogP contribution is 2.34. The summed E-state index contributed by atoms with van der Waals surface area (Å²) in [7, 11) is 0. The topological polar surface area (TPSA) is 56.1 Å². The van der Waals surface area contributed by atoms with Crippen LogP contribution in [0, 0.1) is 17.2 Å². The molecule has 128 valence electrons. The number of carbonyl (C=O) groups excluding carboxylic acids is 1. The van der Waals surface area contributed by atoms with Crippen LogP contribution in [-0.4, -0.2) is 36.0 Å². The summed E-state index contributed by atoms with van der Waals surface area (Å²) in [6.07, 6.45) is 2.31. The molecule has 1 aromatic carbocycles. The Kier molecular flexibility index (Phi) is 4.32. The maximum absolute atomic E-state index is 12.9. The average molecular weight is 351 g/mol. The quantitative estimate of drug-likeness (QED) is 0.921. The van der Waals surface area contributed by atoms with Crippen LogP contribution in [0.15, 0.2) is 36.4 Å². The van der Waals surface area contributed by atoms with E-state index in [-0.39, 0.29) is 11.9 Å². The summed E-state index contributed by atoms with van der Waals surface area (Å²) in [6.45, 7) is 4.48. The van der Waals surface area contributed by atoms with Crippen molar-refractivity contribution >= 4 is 17.2 Å². The van der Waals surface area contributed by atoms with E-state index in [0.717, 1.165) is 36.4 Å². The molecular formula is C20H21N3OS. The van der Waals surface area contributed by atoms with Crippen molar-refractivity contribution in [3.05, 3.63) is 46.8 Å². The van der Waals surface area contributed by atoms with Crippen LogP contribution in [-0.2, 0) is 0 Å². The van der Waals surface area contributed by atoms with Crippen LogP contribution in [0.2, 0.25) is 0 Å². The van der Waals surface area contributed by atoms with Gasteiger partial charge in [-0.1, -0.05) is 30.3 Å². The first-order valence-electron chi connectivity index (χ1n) is 8.81. The molecule has 0 saturated carbocycles. The molecule has 5 heteroatoms. The molecule has 0 radical (unpaired) electrons. The Hall–Kier alpha value is -2.16. The van der Waals surface area contributed by atoms with Crippen molar-refractivity contribution in [3.8, 4) is 16.5 Å². The van der Waals surface area contributed by atoms with E-state index in [4.69, 9.17) is 0 Å². The molecule has 3 fully saturated rings. The fraction of sp³-hybridized carbons (Fsp3) is 0.400. The first-order valence-corrected chi connectivity index (χ1v) is 9.63. The van der Waals surface area contributed by atoms with Crippen LogP contribution in [0.1, 0.15) is 35.0 Å². The molecule has 1 aromatic heterocycles. The van der Waals surface area contributed by atoms with Crippen molar-refractivity contribution in [1.82, 2.24) is 10.2 Å². The highest BCUT2D eigenvalue weighted by Gasteiger charge is 2.40. The molecule has 0 spiro atoms. The second-order valence-corrected chi connectivity index (χ2v) is 8.00. The lowest BCUT2D eigenvalue weighted by Crippen LogP contribution is -2.62. The van der Waals surface area contributed by atoms with Crippen molar-refractivity contribution in [3.63, 3.8) is 0 Å². The lowest BCUT2D eigenvalue weighted by atomic mass is 9.79. The monoisotopic (exact) mass is 351 g/mol. The largest absolute Gasteiger partial charge is 0.347 e. The predicted octanol–water partition coefficient (Wildman–Crippen LogP) is 3.50. The van der Waals surface area contributed by atoms with E-state index >= 15 is 0 Å². The summed E-state index contributed by atoms with van der Waals surface area (Å²) in [4.78, 5) is 16.8. The van der Waals surface area contributed by atoms with Gasteiger partial charge in [0.05, 0.1) is 5.56 Å². The van der Waals surface area contributed by atoms with Crippen molar-refractivity contribution in [2.75, 3.05) is 13.1 Å². The van der Waals surface area contributed by atoms with Crippen molar-refractivity contribution in [2.24, 2.45) is 5.92 Å². The van der Waals surface area contributed by atoms with Crippen LogP contribution >= 0.6 is 11.3 Å². The number of fused-ring (bicyclic) bond motifs is 3. The van der Waals surface area contributed by atoms with Crippen LogP contribution < -0.4 is 5.32 Å². The Morgan fingerprint density at radius 3 is 2.64 bits per heavy atom. The number of thiophene rings is 1. The molecule has 1 N–H and O–H groups in total. The third kappa shape index (κ3) is 2.97. The number of hydrogen-bond donors (Lipinski definition) is 1. The Balaban J connectivity index is 1.58. The van der Waals surface area contributed by atoms with Gasteiger partial charge >= 0.3 is 0 Å². The van der Waals surface area contributed by atoms with Gasteiger partial charge in [-0.25, -0.2) is 0 Å². The van der Waals surface area contributed by atoms with Gasteiger partial charge < -0.3 is 5.32 Å². The minimum atomic E-state index is -0.102. The molecule has 2 atom stereocenters. The van der Waals surface area contributed by atoms with Gasteiger partial charge in [0, 0.05) is 17.0 Å². The Labute approximate surface area is 152 Å². The highest BCUT2D eigenvalue weighted by atomic mass is 32.1. The summed E-state index contributed by atoms with van der Waals surface area (Å²) in [5.74, 6) is 0.456. The number of nitrogens with one attached hydrogen (secondary N) is 1. The first kappa shape index (κ1) is 16.3. The maximum atomic E-state index is 12.9. The molecule has 3 aliphatic heterocycles. The van der Waals surface area contributed by atoms with Crippen LogP contribution in [0.4, 0.5) is 0 Å². The molecule has 4 nitrogen and oxygen atoms in total. The molecule has 2 aromatic rings. The zero-order valence-electron chi connectivity index (χ0n) is 14.2. The second kappa shape index (κ2) is 6.62. The van der Waals surface area contributed by atoms with E-state index in [1.807, 2.05) is 36.4 Å². The Bertz CT molecular complexity index is 813. The van der Waals surface area contributed by atoms with Gasteiger partial charge in [-0.2, -0.15) is 5.26 Å².